The van der Waals surface area contributed by atoms with Crippen LogP contribution in [0.25, 0.3) is 22.2 Å². The zero-order chi connectivity index (χ0) is 29.5. The second-order valence-electron chi connectivity index (χ2n) is 10.6. The lowest BCUT2D eigenvalue weighted by Gasteiger charge is -2.17. The molecule has 2 N–H and O–H groups in total. The number of hydrogen-bond acceptors (Lipinski definition) is 3. The Hall–Kier alpha value is -4.20. The molecule has 5 rings (SSSR count). The van der Waals surface area contributed by atoms with E-state index in [0.717, 1.165) is 58.2 Å². The molecule has 0 fully saturated rings. The van der Waals surface area contributed by atoms with Crippen LogP contribution in [-0.2, 0) is 22.9 Å². The molecule has 0 saturated carbocycles. The van der Waals surface area contributed by atoms with Gasteiger partial charge in [-0.1, -0.05) is 80.4 Å². The maximum atomic E-state index is 13.1. The smallest absolute Gasteiger partial charge is 0.258 e. The average molecular weight is 580 g/mol. The van der Waals surface area contributed by atoms with Crippen molar-refractivity contribution in [2.75, 3.05) is 18.5 Å². The lowest BCUT2D eigenvalue weighted by atomic mass is 10.0. The number of unbranched alkanes of at least 4 members (excludes halogenated alkanes) is 2. The Morgan fingerprint density at radius 3 is 2.21 bits per heavy atom. The number of aromatic nitrogens is 1. The summed E-state index contributed by atoms with van der Waals surface area (Å²) in [6, 6.07) is 32.3. The van der Waals surface area contributed by atoms with Gasteiger partial charge in [0, 0.05) is 41.4 Å². The van der Waals surface area contributed by atoms with Crippen molar-refractivity contribution in [3.63, 3.8) is 0 Å². The molecule has 0 unspecified atom stereocenters. The number of carbonyl (C=O) groups is 1. The Labute approximate surface area is 248 Å². The lowest BCUT2D eigenvalue weighted by Crippen LogP contribution is -2.26. The van der Waals surface area contributed by atoms with E-state index in [2.05, 4.69) is 16.6 Å². The van der Waals surface area contributed by atoms with Crippen LogP contribution in [0.15, 0.2) is 108 Å². The first-order valence-electron chi connectivity index (χ1n) is 14.5. The van der Waals surface area contributed by atoms with Gasteiger partial charge in [0.2, 0.25) is 10.0 Å². The number of nitrogens with one attached hydrogen (secondary N) is 2. The first-order valence-corrected chi connectivity index (χ1v) is 16.0. The van der Waals surface area contributed by atoms with Gasteiger partial charge in [-0.15, -0.1) is 0 Å². The summed E-state index contributed by atoms with van der Waals surface area (Å²) in [6.45, 7) is 2.43. The average Bonchev–Trinajstić information content (AvgIpc) is 3.39. The van der Waals surface area contributed by atoms with Gasteiger partial charge >= 0.3 is 0 Å². The number of benzene rings is 4. The summed E-state index contributed by atoms with van der Waals surface area (Å²) in [4.78, 5) is 18.5. The van der Waals surface area contributed by atoms with E-state index in [-0.39, 0.29) is 17.3 Å². The first kappa shape index (κ1) is 29.3. The fourth-order valence-corrected chi connectivity index (χ4v) is 6.29. The highest BCUT2D eigenvalue weighted by atomic mass is 32.2. The largest absolute Gasteiger partial charge is 0.354 e. The molecule has 0 spiro atoms. The van der Waals surface area contributed by atoms with Crippen molar-refractivity contribution in [1.82, 2.24) is 9.71 Å². The minimum atomic E-state index is -3.63. The molecule has 1 heterocycles. The molecule has 0 aliphatic heterocycles. The number of sulfonamides is 1. The summed E-state index contributed by atoms with van der Waals surface area (Å²) in [5.41, 5.74) is 6.43. The van der Waals surface area contributed by atoms with Crippen molar-refractivity contribution in [2.45, 2.75) is 43.9 Å². The fourth-order valence-electron chi connectivity index (χ4n) is 5.26. The molecule has 0 atom stereocenters. The van der Waals surface area contributed by atoms with Crippen LogP contribution in [0, 0.1) is 0 Å². The molecule has 7 heteroatoms. The molecular formula is C35H37N3O3S. The van der Waals surface area contributed by atoms with Crippen molar-refractivity contribution in [1.29, 1.82) is 0 Å². The van der Waals surface area contributed by atoms with Crippen LogP contribution in [0.2, 0.25) is 0 Å². The van der Waals surface area contributed by atoms with Gasteiger partial charge in [-0.25, -0.2) is 13.1 Å². The Morgan fingerprint density at radius 1 is 0.810 bits per heavy atom. The predicted molar refractivity (Wildman–Crippen MR) is 171 cm³/mol. The highest BCUT2D eigenvalue weighted by Crippen LogP contribution is 2.31. The van der Waals surface area contributed by atoms with Crippen LogP contribution >= 0.6 is 0 Å². The number of H-pyrrole nitrogens is 1. The fraction of sp³-hybridized carbons (Fsp3) is 0.229. The van der Waals surface area contributed by atoms with Crippen LogP contribution in [-0.4, -0.2) is 32.9 Å². The van der Waals surface area contributed by atoms with Gasteiger partial charge in [-0.3, -0.25) is 4.79 Å². The molecule has 5 aromatic rings. The number of hydrogen-bond donors (Lipinski definition) is 2. The van der Waals surface area contributed by atoms with Crippen LogP contribution in [0.3, 0.4) is 0 Å². The molecule has 42 heavy (non-hydrogen) atoms. The Balaban J connectivity index is 1.31. The van der Waals surface area contributed by atoms with E-state index in [1.165, 1.54) is 6.42 Å². The number of carbonyl (C=O) groups excluding carboxylic acids is 1. The van der Waals surface area contributed by atoms with Crippen LogP contribution in [0.4, 0.5) is 5.69 Å². The quantitative estimate of drug-likeness (QED) is 0.152. The molecule has 0 bridgehead atoms. The Morgan fingerprint density at radius 2 is 1.50 bits per heavy atom. The summed E-state index contributed by atoms with van der Waals surface area (Å²) in [5.74, 6) is -0.0898. The van der Waals surface area contributed by atoms with E-state index < -0.39 is 10.0 Å². The van der Waals surface area contributed by atoms with E-state index in [1.807, 2.05) is 91.0 Å². The molecule has 4 aromatic carbocycles. The molecule has 1 aromatic heterocycles. The van der Waals surface area contributed by atoms with Gasteiger partial charge in [0.1, 0.15) is 0 Å². The number of rotatable bonds is 12. The number of aryl methyl sites for hydroxylation is 1. The maximum absolute atomic E-state index is 13.1. The molecule has 1 amide bonds. The van der Waals surface area contributed by atoms with Crippen LogP contribution < -0.4 is 9.62 Å². The molecule has 0 aliphatic rings. The van der Waals surface area contributed by atoms with Crippen molar-refractivity contribution in [2.24, 2.45) is 0 Å². The van der Waals surface area contributed by atoms with Crippen LogP contribution in [0.5, 0.6) is 0 Å². The van der Waals surface area contributed by atoms with E-state index in [1.54, 1.807) is 24.1 Å². The number of fused-ring (bicyclic) bond motifs is 1. The summed E-state index contributed by atoms with van der Waals surface area (Å²) in [6.07, 6.45) is 4.91. The number of nitrogens with zero attached hydrogens (tertiary/aromatic N) is 1. The molecule has 0 aliphatic carbocycles. The van der Waals surface area contributed by atoms with Gasteiger partial charge in [0.25, 0.3) is 5.91 Å². The zero-order valence-corrected chi connectivity index (χ0v) is 25.0. The molecule has 0 saturated heterocycles. The Bertz CT molecular complexity index is 1740. The predicted octanol–water partition coefficient (Wildman–Crippen LogP) is 7.37. The second kappa shape index (κ2) is 13.2. The molecule has 6 nitrogen and oxygen atoms in total. The van der Waals surface area contributed by atoms with E-state index in [9.17, 15) is 13.2 Å². The number of aromatic amines is 1. The van der Waals surface area contributed by atoms with E-state index in [0.29, 0.717) is 12.0 Å². The molecular weight excluding hydrogens is 542 g/mol. The number of amides is 1. The topological polar surface area (TPSA) is 82.3 Å². The van der Waals surface area contributed by atoms with Crippen molar-refractivity contribution >= 4 is 32.5 Å². The normalized spacial score (nSPS) is 11.6. The summed E-state index contributed by atoms with van der Waals surface area (Å²) in [5, 5.41) is 1.05. The van der Waals surface area contributed by atoms with E-state index in [4.69, 9.17) is 0 Å². The third kappa shape index (κ3) is 6.64. The standard InChI is InChI=1S/C35H37N3O3S/c1-3-4-6-11-26-16-22-30(23-17-26)42(40,41)36-25-24-32-31-14-9-10-15-33(31)37-34(32)27-18-20-28(21-19-27)35(39)38(2)29-12-7-5-8-13-29/h5,7-10,12-23,36-37H,3-4,6,11,24-25H2,1-2H3. The van der Waals surface area contributed by atoms with Crippen molar-refractivity contribution in [3.05, 3.63) is 120 Å². The number of para-hydroxylation sites is 2. The highest BCUT2D eigenvalue weighted by molar-refractivity contribution is 7.89. The summed E-state index contributed by atoms with van der Waals surface area (Å²) in [7, 11) is -1.87. The monoisotopic (exact) mass is 579 g/mol. The van der Waals surface area contributed by atoms with Crippen molar-refractivity contribution in [3.8, 4) is 11.3 Å². The zero-order valence-electron chi connectivity index (χ0n) is 24.1. The van der Waals surface area contributed by atoms with Crippen molar-refractivity contribution < 1.29 is 13.2 Å². The SMILES string of the molecule is CCCCCc1ccc(S(=O)(=O)NCCc2c(-c3ccc(C(=O)N(C)c4ccccc4)cc3)[nH]c3ccccc23)cc1. The summed E-state index contributed by atoms with van der Waals surface area (Å²) >= 11 is 0. The van der Waals surface area contributed by atoms with Gasteiger partial charge in [-0.2, -0.15) is 0 Å². The third-order valence-electron chi connectivity index (χ3n) is 7.65. The Kier molecular flexibility index (Phi) is 9.20. The first-order chi connectivity index (χ1) is 20.4. The van der Waals surface area contributed by atoms with Gasteiger partial charge in [0.15, 0.2) is 0 Å². The highest BCUT2D eigenvalue weighted by Gasteiger charge is 2.18. The number of anilines is 1. The van der Waals surface area contributed by atoms with E-state index >= 15 is 0 Å². The minimum Gasteiger partial charge on any atom is -0.354 e. The lowest BCUT2D eigenvalue weighted by molar-refractivity contribution is 0.0993. The summed E-state index contributed by atoms with van der Waals surface area (Å²) < 4.78 is 28.9. The molecule has 216 valence electrons. The maximum Gasteiger partial charge on any atom is 0.258 e. The third-order valence-corrected chi connectivity index (χ3v) is 9.13. The van der Waals surface area contributed by atoms with Crippen LogP contribution in [0.1, 0.15) is 47.7 Å². The van der Waals surface area contributed by atoms with Gasteiger partial charge < -0.3 is 9.88 Å². The second-order valence-corrected chi connectivity index (χ2v) is 12.3. The molecule has 0 radical (unpaired) electrons. The van der Waals surface area contributed by atoms with Gasteiger partial charge in [0.05, 0.1) is 4.90 Å². The van der Waals surface area contributed by atoms with Gasteiger partial charge in [-0.05, 0) is 78.4 Å². The minimum absolute atomic E-state index is 0.0898.